The van der Waals surface area contributed by atoms with Crippen molar-refractivity contribution in [3.8, 4) is 0 Å². The van der Waals surface area contributed by atoms with E-state index in [-0.39, 0.29) is 0 Å². The van der Waals surface area contributed by atoms with Crippen molar-refractivity contribution in [3.63, 3.8) is 0 Å². The summed E-state index contributed by atoms with van der Waals surface area (Å²) in [4.78, 5) is 2.41. The fraction of sp³-hybridized carbons (Fsp3) is 0.400. The third kappa shape index (κ3) is 2.81. The molecule has 3 rings (SSSR count). The van der Waals surface area contributed by atoms with Crippen molar-refractivity contribution in [1.29, 1.82) is 0 Å². The molecular weight excluding hydrogens is 272 g/mol. The average molecular weight is 291 g/mol. The number of halogens is 1. The molecule has 106 valence electrons. The largest absolute Gasteiger partial charge is 0.366 e. The van der Waals surface area contributed by atoms with Gasteiger partial charge in [0.05, 0.1) is 17.6 Å². The fourth-order valence-corrected chi connectivity index (χ4v) is 2.88. The topological polar surface area (TPSA) is 33.1 Å². The number of piperazine rings is 1. The Hall–Kier alpha value is -1.52. The Morgan fingerprint density at radius 2 is 2.10 bits per heavy atom. The number of aromatic nitrogens is 2. The van der Waals surface area contributed by atoms with Gasteiger partial charge in [-0.1, -0.05) is 23.7 Å². The predicted octanol–water partition coefficient (Wildman–Crippen LogP) is 2.07. The van der Waals surface area contributed by atoms with Crippen molar-refractivity contribution in [2.45, 2.75) is 6.42 Å². The molecule has 1 aliphatic heterocycles. The highest BCUT2D eigenvalue weighted by molar-refractivity contribution is 6.30. The zero-order chi connectivity index (χ0) is 13.9. The molecule has 0 spiro atoms. The molecule has 0 saturated carbocycles. The van der Waals surface area contributed by atoms with Crippen LogP contribution in [0.1, 0.15) is 11.3 Å². The van der Waals surface area contributed by atoms with Gasteiger partial charge in [0.2, 0.25) is 0 Å². The zero-order valence-electron chi connectivity index (χ0n) is 11.6. The Morgan fingerprint density at radius 1 is 1.30 bits per heavy atom. The minimum atomic E-state index is 0.786. The molecule has 1 aromatic heterocycles. The van der Waals surface area contributed by atoms with E-state index in [0.29, 0.717) is 0 Å². The van der Waals surface area contributed by atoms with Crippen LogP contribution in [0.4, 0.5) is 5.69 Å². The van der Waals surface area contributed by atoms with E-state index in [1.165, 1.54) is 16.9 Å². The van der Waals surface area contributed by atoms with Gasteiger partial charge in [-0.05, 0) is 17.7 Å². The monoisotopic (exact) mass is 290 g/mol. The molecule has 0 atom stereocenters. The summed E-state index contributed by atoms with van der Waals surface area (Å²) in [5.41, 5.74) is 3.71. The molecule has 1 fully saturated rings. The van der Waals surface area contributed by atoms with Gasteiger partial charge in [0.25, 0.3) is 0 Å². The van der Waals surface area contributed by atoms with Crippen LogP contribution in [-0.4, -0.2) is 36.0 Å². The second-order valence-corrected chi connectivity index (χ2v) is 5.58. The van der Waals surface area contributed by atoms with Crippen molar-refractivity contribution in [2.24, 2.45) is 7.05 Å². The number of benzene rings is 1. The first kappa shape index (κ1) is 13.5. The maximum Gasteiger partial charge on any atom is 0.0789 e. The molecule has 20 heavy (non-hydrogen) atoms. The van der Waals surface area contributed by atoms with Crippen molar-refractivity contribution in [3.05, 3.63) is 46.7 Å². The second-order valence-electron chi connectivity index (χ2n) is 5.14. The van der Waals surface area contributed by atoms with Gasteiger partial charge < -0.3 is 10.2 Å². The lowest BCUT2D eigenvalue weighted by atomic mass is 10.1. The zero-order valence-corrected chi connectivity index (χ0v) is 12.4. The fourth-order valence-electron chi connectivity index (χ4n) is 2.67. The molecule has 0 amide bonds. The molecule has 2 aromatic rings. The lowest BCUT2D eigenvalue weighted by Gasteiger charge is -2.29. The number of nitrogens with zero attached hydrogens (tertiary/aromatic N) is 3. The van der Waals surface area contributed by atoms with Crippen LogP contribution < -0.4 is 10.2 Å². The van der Waals surface area contributed by atoms with Crippen molar-refractivity contribution in [2.75, 3.05) is 31.1 Å². The highest BCUT2D eigenvalue weighted by Gasteiger charge is 2.17. The van der Waals surface area contributed by atoms with Gasteiger partial charge in [-0.2, -0.15) is 5.10 Å². The van der Waals surface area contributed by atoms with Crippen LogP contribution in [0.3, 0.4) is 0 Å². The van der Waals surface area contributed by atoms with E-state index < -0.39 is 0 Å². The van der Waals surface area contributed by atoms with Gasteiger partial charge in [-0.15, -0.1) is 0 Å². The summed E-state index contributed by atoms with van der Waals surface area (Å²) >= 11 is 6.07. The maximum absolute atomic E-state index is 6.07. The van der Waals surface area contributed by atoms with E-state index in [9.17, 15) is 0 Å². The SMILES string of the molecule is Cn1ncc(N2CCNCC2)c1Cc1cccc(Cl)c1. The van der Waals surface area contributed by atoms with Crippen molar-refractivity contribution >= 4 is 17.3 Å². The van der Waals surface area contributed by atoms with E-state index in [0.717, 1.165) is 37.6 Å². The minimum Gasteiger partial charge on any atom is -0.366 e. The lowest BCUT2D eigenvalue weighted by Crippen LogP contribution is -2.43. The van der Waals surface area contributed by atoms with Crippen LogP contribution >= 0.6 is 11.6 Å². The van der Waals surface area contributed by atoms with Crippen LogP contribution in [0.25, 0.3) is 0 Å². The first-order chi connectivity index (χ1) is 9.74. The molecule has 4 nitrogen and oxygen atoms in total. The summed E-state index contributed by atoms with van der Waals surface area (Å²) in [6, 6.07) is 8.04. The maximum atomic E-state index is 6.07. The van der Waals surface area contributed by atoms with Crippen molar-refractivity contribution in [1.82, 2.24) is 15.1 Å². The van der Waals surface area contributed by atoms with Gasteiger partial charge in [-0.3, -0.25) is 4.68 Å². The molecule has 2 heterocycles. The number of hydrogen-bond acceptors (Lipinski definition) is 3. The van der Waals surface area contributed by atoms with Crippen LogP contribution in [-0.2, 0) is 13.5 Å². The molecule has 0 aliphatic carbocycles. The number of anilines is 1. The second kappa shape index (κ2) is 5.85. The molecule has 0 unspecified atom stereocenters. The van der Waals surface area contributed by atoms with Crippen LogP contribution in [0.5, 0.6) is 0 Å². The summed E-state index contributed by atoms with van der Waals surface area (Å²) in [5.74, 6) is 0. The number of rotatable bonds is 3. The molecule has 0 radical (unpaired) electrons. The van der Waals surface area contributed by atoms with E-state index in [1.807, 2.05) is 36.1 Å². The number of nitrogens with one attached hydrogen (secondary N) is 1. The summed E-state index contributed by atoms with van der Waals surface area (Å²) in [7, 11) is 2.01. The standard InChI is InChI=1S/C15H19ClN4/c1-19-14(10-12-3-2-4-13(16)9-12)15(11-18-19)20-7-5-17-6-8-20/h2-4,9,11,17H,5-8,10H2,1H3. The Labute approximate surface area is 124 Å². The molecular formula is C15H19ClN4. The van der Waals surface area contributed by atoms with Gasteiger partial charge in [-0.25, -0.2) is 0 Å². The average Bonchev–Trinajstić information content (AvgIpc) is 2.81. The molecule has 0 bridgehead atoms. The normalized spacial score (nSPS) is 15.6. The molecule has 1 aromatic carbocycles. The highest BCUT2D eigenvalue weighted by atomic mass is 35.5. The summed E-state index contributed by atoms with van der Waals surface area (Å²) in [6.07, 6.45) is 2.83. The van der Waals surface area contributed by atoms with Crippen molar-refractivity contribution < 1.29 is 0 Å². The third-order valence-electron chi connectivity index (χ3n) is 3.76. The number of aryl methyl sites for hydroxylation is 1. The summed E-state index contributed by atoms with van der Waals surface area (Å²) in [6.45, 7) is 4.14. The number of hydrogen-bond donors (Lipinski definition) is 1. The van der Waals surface area contributed by atoms with Crippen LogP contribution in [0.2, 0.25) is 5.02 Å². The lowest BCUT2D eigenvalue weighted by molar-refractivity contribution is 0.587. The smallest absolute Gasteiger partial charge is 0.0789 e. The molecule has 5 heteroatoms. The summed E-state index contributed by atoms with van der Waals surface area (Å²) in [5, 5.41) is 8.60. The molecule has 1 N–H and O–H groups in total. The van der Waals surface area contributed by atoms with E-state index in [4.69, 9.17) is 11.6 Å². The van der Waals surface area contributed by atoms with Gasteiger partial charge >= 0.3 is 0 Å². The van der Waals surface area contributed by atoms with E-state index in [2.05, 4.69) is 21.4 Å². The predicted molar refractivity (Wildman–Crippen MR) is 82.5 cm³/mol. The third-order valence-corrected chi connectivity index (χ3v) is 3.99. The van der Waals surface area contributed by atoms with E-state index in [1.54, 1.807) is 0 Å². The van der Waals surface area contributed by atoms with Gasteiger partial charge in [0, 0.05) is 44.7 Å². The minimum absolute atomic E-state index is 0.786. The Morgan fingerprint density at radius 3 is 2.85 bits per heavy atom. The van der Waals surface area contributed by atoms with Gasteiger partial charge in [0.15, 0.2) is 0 Å². The summed E-state index contributed by atoms with van der Waals surface area (Å²) < 4.78 is 1.97. The van der Waals surface area contributed by atoms with Gasteiger partial charge in [0.1, 0.15) is 0 Å². The van der Waals surface area contributed by atoms with Crippen LogP contribution in [0.15, 0.2) is 30.5 Å². The molecule has 1 saturated heterocycles. The quantitative estimate of drug-likeness (QED) is 0.939. The Balaban J connectivity index is 1.87. The molecule has 1 aliphatic rings. The highest BCUT2D eigenvalue weighted by Crippen LogP contribution is 2.24. The van der Waals surface area contributed by atoms with E-state index >= 15 is 0 Å². The Bertz CT molecular complexity index is 587. The first-order valence-electron chi connectivity index (χ1n) is 6.95. The first-order valence-corrected chi connectivity index (χ1v) is 7.33. The van der Waals surface area contributed by atoms with Crippen LogP contribution in [0, 0.1) is 0 Å². The Kier molecular flexibility index (Phi) is 3.94.